The molecule has 34 heavy (non-hydrogen) atoms. The fraction of sp³-hybridized carbons (Fsp3) is 0.286. The van der Waals surface area contributed by atoms with Gasteiger partial charge < -0.3 is 10.1 Å². The Kier molecular flexibility index (Phi) is 6.96. The first-order valence-electron chi connectivity index (χ1n) is 11.5. The van der Waals surface area contributed by atoms with Crippen LogP contribution in [0.25, 0.3) is 0 Å². The average Bonchev–Trinajstić information content (AvgIpc) is 3.20. The first kappa shape index (κ1) is 23.5. The molecule has 5 nitrogen and oxygen atoms in total. The molecule has 1 amide bonds. The minimum Gasteiger partial charge on any atom is -0.443 e. The van der Waals surface area contributed by atoms with Gasteiger partial charge in [-0.15, -0.1) is 0 Å². The zero-order valence-electron chi connectivity index (χ0n) is 19.7. The minimum atomic E-state index is -0.665. The maximum Gasteiger partial charge on any atom is 0.417 e. The van der Waals surface area contributed by atoms with Crippen LogP contribution >= 0.6 is 0 Å². The smallest absolute Gasteiger partial charge is 0.417 e. The van der Waals surface area contributed by atoms with E-state index in [1.807, 2.05) is 87.5 Å². The van der Waals surface area contributed by atoms with Crippen molar-refractivity contribution in [2.24, 2.45) is 4.99 Å². The van der Waals surface area contributed by atoms with Gasteiger partial charge in [-0.3, -0.25) is 0 Å². The van der Waals surface area contributed by atoms with E-state index in [1.54, 1.807) is 17.0 Å². The summed E-state index contributed by atoms with van der Waals surface area (Å²) in [7, 11) is 0. The summed E-state index contributed by atoms with van der Waals surface area (Å²) in [5.74, 6) is 0.180. The highest BCUT2D eigenvalue weighted by Gasteiger charge is 2.43. The van der Waals surface area contributed by atoms with Gasteiger partial charge in [-0.05, 0) is 49.9 Å². The van der Waals surface area contributed by atoms with Crippen LogP contribution in [0.5, 0.6) is 0 Å². The molecular formula is C28H30FN3O2. The number of benzene rings is 3. The summed E-state index contributed by atoms with van der Waals surface area (Å²) >= 11 is 0. The summed E-state index contributed by atoms with van der Waals surface area (Å²) in [6.45, 7) is 5.95. The normalized spacial score (nSPS) is 17.9. The first-order chi connectivity index (χ1) is 16.3. The molecule has 0 fully saturated rings. The van der Waals surface area contributed by atoms with Gasteiger partial charge in [0.05, 0.1) is 6.04 Å². The van der Waals surface area contributed by atoms with E-state index >= 15 is 0 Å². The Morgan fingerprint density at radius 3 is 2.15 bits per heavy atom. The van der Waals surface area contributed by atoms with E-state index < -0.39 is 11.7 Å². The molecule has 0 saturated heterocycles. The third-order valence-electron chi connectivity index (χ3n) is 5.57. The highest BCUT2D eigenvalue weighted by molar-refractivity contribution is 5.96. The van der Waals surface area contributed by atoms with Gasteiger partial charge in [0.15, 0.2) is 0 Å². The summed E-state index contributed by atoms with van der Waals surface area (Å²) in [6.07, 6.45) is -0.0169. The van der Waals surface area contributed by atoms with Gasteiger partial charge in [0, 0.05) is 6.54 Å². The molecule has 1 aliphatic rings. The Labute approximate surface area is 200 Å². The molecular weight excluding hydrogens is 429 g/mol. The maximum atomic E-state index is 14.1. The van der Waals surface area contributed by atoms with Crippen molar-refractivity contribution in [1.29, 1.82) is 0 Å². The number of hydrogen-bond acceptors (Lipinski definition) is 4. The molecule has 1 aliphatic heterocycles. The molecule has 2 atom stereocenters. The SMILES string of the molecule is CC(C)(C)OC(=O)N1C(NCCc2ccccc2F)=NC(c2ccccc2)C1c1ccccc1. The Morgan fingerprint density at radius 2 is 1.53 bits per heavy atom. The van der Waals surface area contributed by atoms with Gasteiger partial charge in [-0.1, -0.05) is 78.9 Å². The monoisotopic (exact) mass is 459 g/mol. The first-order valence-corrected chi connectivity index (χ1v) is 11.5. The molecule has 0 aromatic heterocycles. The Bertz CT molecular complexity index is 1140. The lowest BCUT2D eigenvalue weighted by molar-refractivity contribution is 0.0310. The van der Waals surface area contributed by atoms with Gasteiger partial charge >= 0.3 is 6.09 Å². The van der Waals surface area contributed by atoms with Crippen molar-refractivity contribution in [3.05, 3.63) is 107 Å². The molecule has 0 aliphatic carbocycles. The van der Waals surface area contributed by atoms with Crippen molar-refractivity contribution >= 4 is 12.1 Å². The summed E-state index contributed by atoms with van der Waals surface area (Å²) in [6, 6.07) is 25.8. The van der Waals surface area contributed by atoms with Crippen LogP contribution in [0.2, 0.25) is 0 Å². The summed E-state index contributed by atoms with van der Waals surface area (Å²) < 4.78 is 19.9. The molecule has 1 heterocycles. The van der Waals surface area contributed by atoms with E-state index in [4.69, 9.17) is 9.73 Å². The number of halogens is 1. The molecule has 0 spiro atoms. The largest absolute Gasteiger partial charge is 0.443 e. The zero-order chi connectivity index (χ0) is 24.1. The number of nitrogens with one attached hydrogen (secondary N) is 1. The van der Waals surface area contributed by atoms with E-state index in [9.17, 15) is 9.18 Å². The number of ether oxygens (including phenoxy) is 1. The Balaban J connectivity index is 1.68. The molecule has 3 aromatic carbocycles. The van der Waals surface area contributed by atoms with Crippen molar-refractivity contribution < 1.29 is 13.9 Å². The molecule has 4 rings (SSSR count). The van der Waals surface area contributed by atoms with Crippen molar-refractivity contribution in [2.45, 2.75) is 44.9 Å². The van der Waals surface area contributed by atoms with E-state index in [0.717, 1.165) is 11.1 Å². The number of guanidine groups is 1. The van der Waals surface area contributed by atoms with E-state index in [1.165, 1.54) is 6.07 Å². The highest BCUT2D eigenvalue weighted by Crippen LogP contribution is 2.42. The lowest BCUT2D eigenvalue weighted by Crippen LogP contribution is -2.46. The minimum absolute atomic E-state index is 0.244. The highest BCUT2D eigenvalue weighted by atomic mass is 19.1. The standard InChI is InChI=1S/C28H30FN3O2/c1-28(2,3)34-27(33)32-25(22-15-8-5-9-16-22)24(21-13-6-4-7-14-21)31-26(32)30-19-18-20-12-10-11-17-23(20)29/h4-17,24-25H,18-19H2,1-3H3,(H,30,31). The van der Waals surface area contributed by atoms with Gasteiger partial charge in [-0.2, -0.15) is 0 Å². The van der Waals surface area contributed by atoms with Crippen LogP contribution in [0.15, 0.2) is 89.9 Å². The molecule has 0 bridgehead atoms. The average molecular weight is 460 g/mol. The van der Waals surface area contributed by atoms with E-state index in [2.05, 4.69) is 5.32 Å². The van der Waals surface area contributed by atoms with Gasteiger partial charge in [0.1, 0.15) is 17.5 Å². The van der Waals surface area contributed by atoms with Crippen LogP contribution in [0.3, 0.4) is 0 Å². The molecule has 2 unspecified atom stereocenters. The summed E-state index contributed by atoms with van der Waals surface area (Å²) in [5.41, 5.74) is 1.89. The summed E-state index contributed by atoms with van der Waals surface area (Å²) in [4.78, 5) is 20.0. The topological polar surface area (TPSA) is 53.9 Å². The molecule has 6 heteroatoms. The predicted octanol–water partition coefficient (Wildman–Crippen LogP) is 6.05. The molecule has 176 valence electrons. The van der Waals surface area contributed by atoms with Crippen LogP contribution in [-0.2, 0) is 11.2 Å². The summed E-state index contributed by atoms with van der Waals surface area (Å²) in [5, 5.41) is 3.28. The molecule has 3 aromatic rings. The van der Waals surface area contributed by atoms with Crippen molar-refractivity contribution in [1.82, 2.24) is 10.2 Å². The number of aliphatic imine (C=N–C) groups is 1. The number of amides is 1. The molecule has 1 N–H and O–H groups in total. The van der Waals surface area contributed by atoms with Crippen LogP contribution in [0.4, 0.5) is 9.18 Å². The van der Waals surface area contributed by atoms with Crippen molar-refractivity contribution in [3.8, 4) is 0 Å². The van der Waals surface area contributed by atoms with Crippen LogP contribution in [0.1, 0.15) is 49.5 Å². The lowest BCUT2D eigenvalue weighted by atomic mass is 9.94. The Hall–Kier alpha value is -3.67. The Morgan fingerprint density at radius 1 is 0.941 bits per heavy atom. The third-order valence-corrected chi connectivity index (χ3v) is 5.57. The maximum absolute atomic E-state index is 14.1. The van der Waals surface area contributed by atoms with Crippen molar-refractivity contribution in [2.75, 3.05) is 6.54 Å². The zero-order valence-corrected chi connectivity index (χ0v) is 19.7. The van der Waals surface area contributed by atoms with Gasteiger partial charge in [0.25, 0.3) is 0 Å². The second-order valence-corrected chi connectivity index (χ2v) is 9.28. The third kappa shape index (κ3) is 5.45. The predicted molar refractivity (Wildman–Crippen MR) is 132 cm³/mol. The molecule has 0 saturated carbocycles. The second-order valence-electron chi connectivity index (χ2n) is 9.28. The van der Waals surface area contributed by atoms with E-state index in [-0.39, 0.29) is 17.9 Å². The van der Waals surface area contributed by atoms with E-state index in [0.29, 0.717) is 24.5 Å². The fourth-order valence-electron chi connectivity index (χ4n) is 4.08. The lowest BCUT2D eigenvalue weighted by Gasteiger charge is -2.31. The van der Waals surface area contributed by atoms with Gasteiger partial charge in [0.2, 0.25) is 5.96 Å². The number of carbonyl (C=O) groups is 1. The number of rotatable bonds is 5. The fourth-order valence-corrected chi connectivity index (χ4v) is 4.08. The second kappa shape index (κ2) is 10.1. The number of hydrogen-bond donors (Lipinski definition) is 1. The van der Waals surface area contributed by atoms with Crippen LogP contribution in [0, 0.1) is 5.82 Å². The van der Waals surface area contributed by atoms with Crippen LogP contribution < -0.4 is 5.32 Å². The quantitative estimate of drug-likeness (QED) is 0.506. The van der Waals surface area contributed by atoms with Crippen LogP contribution in [-0.4, -0.2) is 29.1 Å². The number of carbonyl (C=O) groups excluding carboxylic acids is 1. The number of nitrogens with zero attached hydrogens (tertiary/aromatic N) is 2. The van der Waals surface area contributed by atoms with Crippen molar-refractivity contribution in [3.63, 3.8) is 0 Å². The van der Waals surface area contributed by atoms with Gasteiger partial charge in [-0.25, -0.2) is 19.1 Å². The molecule has 0 radical (unpaired) electrons.